The molecule has 0 spiro atoms. The molecule has 1 fully saturated rings. The Bertz CT molecular complexity index is 889. The smallest absolute Gasteiger partial charge is 0.262 e. The highest BCUT2D eigenvalue weighted by atomic mass is 35.5. The number of fused-ring (bicyclic) bond motifs is 1. The molecule has 1 aliphatic rings. The van der Waals surface area contributed by atoms with Crippen LogP contribution in [0.2, 0.25) is 5.02 Å². The van der Waals surface area contributed by atoms with Gasteiger partial charge >= 0.3 is 0 Å². The average molecular weight is 408 g/mol. The number of rotatable bonds is 5. The van der Waals surface area contributed by atoms with E-state index in [-0.39, 0.29) is 11.5 Å². The highest BCUT2D eigenvalue weighted by Gasteiger charge is 2.21. The van der Waals surface area contributed by atoms with Gasteiger partial charge < -0.3 is 4.90 Å². The zero-order valence-electron chi connectivity index (χ0n) is 16.1. The predicted octanol–water partition coefficient (Wildman–Crippen LogP) is 4.06. The van der Waals surface area contributed by atoms with E-state index in [1.54, 1.807) is 22.8 Å². The maximum absolute atomic E-state index is 13.0. The van der Waals surface area contributed by atoms with E-state index in [9.17, 15) is 9.59 Å². The molecule has 27 heavy (non-hydrogen) atoms. The van der Waals surface area contributed by atoms with Crippen LogP contribution in [-0.4, -0.2) is 39.2 Å². The van der Waals surface area contributed by atoms with Crippen LogP contribution in [0.5, 0.6) is 0 Å². The molecule has 3 rings (SSSR count). The summed E-state index contributed by atoms with van der Waals surface area (Å²) in [6.45, 7) is 8.55. The van der Waals surface area contributed by atoms with Crippen molar-refractivity contribution in [1.82, 2.24) is 14.5 Å². The molecule has 1 saturated heterocycles. The molecule has 0 aliphatic carbocycles. The number of carbonyl (C=O) groups excluding carboxylic acids is 1. The van der Waals surface area contributed by atoms with Gasteiger partial charge in [-0.2, -0.15) is 0 Å². The van der Waals surface area contributed by atoms with Gasteiger partial charge in [0, 0.05) is 24.7 Å². The highest BCUT2D eigenvalue weighted by Crippen LogP contribution is 2.23. The predicted molar refractivity (Wildman–Crippen MR) is 112 cm³/mol. The number of aromatic nitrogens is 2. The van der Waals surface area contributed by atoms with Crippen LogP contribution in [-0.2, 0) is 11.3 Å². The standard InChI is InChI=1S/C20H26ClN3O2S/c1-13(2)11-24-19(26)16-10-15(21)4-5-17(16)22-20(24)27-12-18(25)23-8-6-14(3)7-9-23/h4-5,10,13-14H,6-9,11-12H2,1-3H3. The third-order valence-corrected chi connectivity index (χ3v) is 6.09. The van der Waals surface area contributed by atoms with Crippen molar-refractivity contribution in [3.63, 3.8) is 0 Å². The minimum absolute atomic E-state index is 0.0991. The summed E-state index contributed by atoms with van der Waals surface area (Å²) in [4.78, 5) is 32.1. The molecule has 1 aliphatic heterocycles. The van der Waals surface area contributed by atoms with Gasteiger partial charge in [-0.05, 0) is 42.9 Å². The first-order valence-corrected chi connectivity index (χ1v) is 10.8. The van der Waals surface area contributed by atoms with Crippen LogP contribution in [0.25, 0.3) is 10.9 Å². The SMILES string of the molecule is CC(C)Cn1c(SCC(=O)N2CCC(C)CC2)nc2ccc(Cl)cc2c1=O. The molecule has 0 N–H and O–H groups in total. The second kappa shape index (κ2) is 8.65. The van der Waals surface area contributed by atoms with Crippen LogP contribution in [0.4, 0.5) is 0 Å². The van der Waals surface area contributed by atoms with Crippen LogP contribution in [0.3, 0.4) is 0 Å². The lowest BCUT2D eigenvalue weighted by atomic mass is 9.99. The largest absolute Gasteiger partial charge is 0.342 e. The summed E-state index contributed by atoms with van der Waals surface area (Å²) in [5.74, 6) is 1.40. The van der Waals surface area contributed by atoms with Gasteiger partial charge in [0.2, 0.25) is 5.91 Å². The van der Waals surface area contributed by atoms with Crippen LogP contribution in [0, 0.1) is 11.8 Å². The van der Waals surface area contributed by atoms with E-state index < -0.39 is 0 Å². The molecule has 146 valence electrons. The quantitative estimate of drug-likeness (QED) is 0.554. The third-order valence-electron chi connectivity index (χ3n) is 4.89. The third kappa shape index (κ3) is 4.85. The van der Waals surface area contributed by atoms with E-state index in [1.807, 2.05) is 4.90 Å². The minimum Gasteiger partial charge on any atom is -0.342 e. The summed E-state index contributed by atoms with van der Waals surface area (Å²) in [6, 6.07) is 5.16. The van der Waals surface area contributed by atoms with Gasteiger partial charge in [0.1, 0.15) is 0 Å². The Hall–Kier alpha value is -1.53. The number of hydrogen-bond donors (Lipinski definition) is 0. The minimum atomic E-state index is -0.0991. The summed E-state index contributed by atoms with van der Waals surface area (Å²) < 4.78 is 1.68. The van der Waals surface area contributed by atoms with E-state index in [0.717, 1.165) is 25.9 Å². The van der Waals surface area contributed by atoms with E-state index in [1.165, 1.54) is 11.8 Å². The first kappa shape index (κ1) is 20.2. The lowest BCUT2D eigenvalue weighted by Gasteiger charge is -2.30. The number of thioether (sulfide) groups is 1. The number of likely N-dealkylation sites (tertiary alicyclic amines) is 1. The number of carbonyl (C=O) groups is 1. The normalized spacial score (nSPS) is 15.7. The molecule has 0 saturated carbocycles. The Labute approximate surface area is 169 Å². The Morgan fingerprint density at radius 2 is 2.04 bits per heavy atom. The van der Waals surface area contributed by atoms with Gasteiger partial charge in [-0.3, -0.25) is 14.2 Å². The van der Waals surface area contributed by atoms with E-state index in [0.29, 0.717) is 45.2 Å². The number of halogens is 1. The van der Waals surface area contributed by atoms with Crippen molar-refractivity contribution < 1.29 is 4.79 Å². The van der Waals surface area contributed by atoms with Crippen LogP contribution in [0.15, 0.2) is 28.2 Å². The summed E-state index contributed by atoms with van der Waals surface area (Å²) in [5, 5.41) is 1.64. The molecule has 0 bridgehead atoms. The van der Waals surface area contributed by atoms with Gasteiger partial charge in [-0.1, -0.05) is 44.1 Å². The molecule has 1 aromatic carbocycles. The number of benzene rings is 1. The summed E-state index contributed by atoms with van der Waals surface area (Å²) in [7, 11) is 0. The molecule has 0 unspecified atom stereocenters. The maximum atomic E-state index is 13.0. The monoisotopic (exact) mass is 407 g/mol. The molecule has 2 heterocycles. The van der Waals surface area contributed by atoms with Crippen molar-refractivity contribution in [2.45, 2.75) is 45.3 Å². The number of hydrogen-bond acceptors (Lipinski definition) is 4. The fourth-order valence-electron chi connectivity index (χ4n) is 3.28. The van der Waals surface area contributed by atoms with Crippen LogP contribution in [0.1, 0.15) is 33.6 Å². The number of nitrogens with zero attached hydrogens (tertiary/aromatic N) is 3. The van der Waals surface area contributed by atoms with Crippen molar-refractivity contribution in [3.05, 3.63) is 33.6 Å². The van der Waals surface area contributed by atoms with E-state index in [4.69, 9.17) is 11.6 Å². The Kier molecular flexibility index (Phi) is 6.48. The van der Waals surface area contributed by atoms with Crippen molar-refractivity contribution in [1.29, 1.82) is 0 Å². The molecule has 0 atom stereocenters. The highest BCUT2D eigenvalue weighted by molar-refractivity contribution is 7.99. The number of amides is 1. The molecule has 1 amide bonds. The van der Waals surface area contributed by atoms with Crippen molar-refractivity contribution in [2.24, 2.45) is 11.8 Å². The molecule has 1 aromatic heterocycles. The zero-order chi connectivity index (χ0) is 19.6. The van der Waals surface area contributed by atoms with Crippen molar-refractivity contribution >= 4 is 40.2 Å². The number of piperidine rings is 1. The Morgan fingerprint density at radius 1 is 1.33 bits per heavy atom. The topological polar surface area (TPSA) is 55.2 Å². The van der Waals surface area contributed by atoms with Crippen LogP contribution >= 0.6 is 23.4 Å². The zero-order valence-corrected chi connectivity index (χ0v) is 17.6. The fourth-order valence-corrected chi connectivity index (χ4v) is 4.37. The Morgan fingerprint density at radius 3 is 2.70 bits per heavy atom. The van der Waals surface area contributed by atoms with Gasteiger partial charge in [-0.15, -0.1) is 0 Å². The summed E-state index contributed by atoms with van der Waals surface area (Å²) >= 11 is 7.41. The maximum Gasteiger partial charge on any atom is 0.262 e. The second-order valence-electron chi connectivity index (χ2n) is 7.72. The first-order valence-electron chi connectivity index (χ1n) is 9.46. The lowest BCUT2D eigenvalue weighted by Crippen LogP contribution is -2.39. The summed E-state index contributed by atoms with van der Waals surface area (Å²) in [6.07, 6.45) is 2.12. The average Bonchev–Trinajstić information content (AvgIpc) is 2.63. The summed E-state index contributed by atoms with van der Waals surface area (Å²) in [5.41, 5.74) is 0.518. The van der Waals surface area contributed by atoms with E-state index in [2.05, 4.69) is 25.8 Å². The van der Waals surface area contributed by atoms with Gasteiger partial charge in [0.05, 0.1) is 16.7 Å². The fraction of sp³-hybridized carbons (Fsp3) is 0.550. The van der Waals surface area contributed by atoms with Crippen molar-refractivity contribution in [2.75, 3.05) is 18.8 Å². The second-order valence-corrected chi connectivity index (χ2v) is 9.10. The van der Waals surface area contributed by atoms with Gasteiger partial charge in [0.25, 0.3) is 5.56 Å². The Balaban J connectivity index is 1.85. The lowest BCUT2D eigenvalue weighted by molar-refractivity contribution is -0.129. The first-order chi connectivity index (χ1) is 12.8. The van der Waals surface area contributed by atoms with E-state index >= 15 is 0 Å². The molecule has 5 nitrogen and oxygen atoms in total. The van der Waals surface area contributed by atoms with Gasteiger partial charge in [-0.25, -0.2) is 4.98 Å². The molecule has 7 heteroatoms. The van der Waals surface area contributed by atoms with Crippen molar-refractivity contribution in [3.8, 4) is 0 Å². The molecule has 0 radical (unpaired) electrons. The van der Waals surface area contributed by atoms with Gasteiger partial charge in [0.15, 0.2) is 5.16 Å². The van der Waals surface area contributed by atoms with Crippen LogP contribution < -0.4 is 5.56 Å². The molecule has 2 aromatic rings. The molecular formula is C20H26ClN3O2S. The molecular weight excluding hydrogens is 382 g/mol.